The molecule has 2 nitrogen and oxygen atoms in total. The number of nitrogens with zero attached hydrogens (tertiary/aromatic N) is 1. The molecule has 0 bridgehead atoms. The van der Waals surface area contributed by atoms with Gasteiger partial charge in [-0.05, 0) is 127 Å². The first kappa shape index (κ1) is 31.2. The molecule has 0 N–H and O–H groups in total. The predicted molar refractivity (Wildman–Crippen MR) is 226 cm³/mol. The number of para-hydroxylation sites is 1. The Hall–Kier alpha value is -6.38. The maximum atomic E-state index is 6.18. The quantitative estimate of drug-likeness (QED) is 0.182. The van der Waals surface area contributed by atoms with Crippen molar-refractivity contribution >= 4 is 49.8 Å². The fourth-order valence-electron chi connectivity index (χ4n) is 9.56. The smallest absolute Gasteiger partial charge is 0.136 e. The lowest BCUT2D eigenvalue weighted by atomic mass is 9.82. The normalized spacial score (nSPS) is 14.6. The first-order valence-corrected chi connectivity index (χ1v) is 19.0. The van der Waals surface area contributed by atoms with Crippen LogP contribution in [0.3, 0.4) is 0 Å². The Bertz CT molecular complexity index is 2890. The molecule has 258 valence electrons. The van der Waals surface area contributed by atoms with Gasteiger partial charge in [-0.1, -0.05) is 131 Å². The van der Waals surface area contributed by atoms with Crippen molar-refractivity contribution in [3.63, 3.8) is 0 Å². The molecule has 0 atom stereocenters. The summed E-state index contributed by atoms with van der Waals surface area (Å²) in [4.78, 5) is 2.45. The van der Waals surface area contributed by atoms with E-state index in [-0.39, 0.29) is 10.8 Å². The largest absolute Gasteiger partial charge is 0.456 e. The average molecular weight is 694 g/mol. The van der Waals surface area contributed by atoms with Crippen molar-refractivity contribution in [2.24, 2.45) is 0 Å². The van der Waals surface area contributed by atoms with Crippen molar-refractivity contribution in [2.45, 2.75) is 38.5 Å². The molecule has 0 fully saturated rings. The number of anilines is 3. The topological polar surface area (TPSA) is 16.4 Å². The molecule has 0 amide bonds. The van der Waals surface area contributed by atoms with E-state index >= 15 is 0 Å². The fraction of sp³-hybridized carbons (Fsp3) is 0.115. The Morgan fingerprint density at radius 1 is 0.370 bits per heavy atom. The molecule has 9 aromatic rings. The minimum atomic E-state index is -0.0938. The van der Waals surface area contributed by atoms with Gasteiger partial charge in [-0.2, -0.15) is 0 Å². The van der Waals surface area contributed by atoms with Crippen LogP contribution in [0.4, 0.5) is 17.1 Å². The molecule has 0 saturated carbocycles. The molecule has 0 radical (unpaired) electrons. The summed E-state index contributed by atoms with van der Waals surface area (Å²) in [7, 11) is 0. The van der Waals surface area contributed by atoms with Gasteiger partial charge in [0.1, 0.15) is 11.2 Å². The number of furan rings is 1. The highest BCUT2D eigenvalue weighted by Crippen LogP contribution is 2.53. The third kappa shape index (κ3) is 4.40. The number of hydrogen-bond donors (Lipinski definition) is 0. The summed E-state index contributed by atoms with van der Waals surface area (Å²) in [5.74, 6) is 0. The minimum absolute atomic E-state index is 0.0938. The van der Waals surface area contributed by atoms with E-state index in [0.29, 0.717) is 0 Å². The molecule has 1 aromatic heterocycles. The van der Waals surface area contributed by atoms with Crippen molar-refractivity contribution in [3.05, 3.63) is 186 Å². The molecule has 2 heteroatoms. The highest BCUT2D eigenvalue weighted by Gasteiger charge is 2.37. The van der Waals surface area contributed by atoms with Gasteiger partial charge in [0, 0.05) is 38.7 Å². The van der Waals surface area contributed by atoms with E-state index in [9.17, 15) is 0 Å². The van der Waals surface area contributed by atoms with Gasteiger partial charge >= 0.3 is 0 Å². The summed E-state index contributed by atoms with van der Waals surface area (Å²) in [6.07, 6.45) is 0. The first-order valence-electron chi connectivity index (χ1n) is 19.0. The second kappa shape index (κ2) is 11.1. The maximum Gasteiger partial charge on any atom is 0.136 e. The van der Waals surface area contributed by atoms with E-state index in [2.05, 4.69) is 184 Å². The molecule has 1 heterocycles. The SMILES string of the molecule is CC1(C)c2ccccc2-c2ccc(N(c3ccc(-c4ccc5cc6oc7ccccc7c6cc5c4)cc3)c3ccc4c(c3)C(C)(C)c3ccccc3-4)cc21. The van der Waals surface area contributed by atoms with Gasteiger partial charge in [-0.3, -0.25) is 0 Å². The van der Waals surface area contributed by atoms with Crippen molar-refractivity contribution in [1.29, 1.82) is 0 Å². The third-order valence-electron chi connectivity index (χ3n) is 12.4. The maximum absolute atomic E-state index is 6.18. The lowest BCUT2D eigenvalue weighted by molar-refractivity contribution is 0.660. The predicted octanol–water partition coefficient (Wildman–Crippen LogP) is 14.5. The highest BCUT2D eigenvalue weighted by molar-refractivity contribution is 6.10. The molecule has 0 aliphatic heterocycles. The Balaban J connectivity index is 1.04. The molecule has 0 spiro atoms. The van der Waals surface area contributed by atoms with E-state index in [1.807, 2.05) is 12.1 Å². The van der Waals surface area contributed by atoms with Crippen LogP contribution in [0.2, 0.25) is 0 Å². The number of hydrogen-bond acceptors (Lipinski definition) is 2. The van der Waals surface area contributed by atoms with Crippen LogP contribution in [-0.2, 0) is 10.8 Å². The van der Waals surface area contributed by atoms with Gasteiger partial charge in [0.05, 0.1) is 0 Å². The molecule has 54 heavy (non-hydrogen) atoms. The fourth-order valence-corrected chi connectivity index (χ4v) is 9.56. The molecular weight excluding hydrogens is 655 g/mol. The van der Waals surface area contributed by atoms with Gasteiger partial charge < -0.3 is 9.32 Å². The van der Waals surface area contributed by atoms with Crippen LogP contribution in [0, 0.1) is 0 Å². The lowest BCUT2D eigenvalue weighted by Crippen LogP contribution is -2.18. The van der Waals surface area contributed by atoms with Crippen molar-refractivity contribution in [2.75, 3.05) is 4.90 Å². The van der Waals surface area contributed by atoms with Gasteiger partial charge in [0.2, 0.25) is 0 Å². The van der Waals surface area contributed by atoms with E-state index in [4.69, 9.17) is 4.42 Å². The molecular formula is C52H39NO. The Kier molecular flexibility index (Phi) is 6.39. The summed E-state index contributed by atoms with van der Waals surface area (Å²) in [6, 6.07) is 60.5. The number of fused-ring (bicyclic) bond motifs is 10. The van der Waals surface area contributed by atoms with Crippen LogP contribution in [0.15, 0.2) is 168 Å². The van der Waals surface area contributed by atoms with Crippen LogP contribution >= 0.6 is 0 Å². The van der Waals surface area contributed by atoms with Crippen LogP contribution in [0.25, 0.3) is 66.1 Å². The van der Waals surface area contributed by atoms with Crippen LogP contribution in [0.5, 0.6) is 0 Å². The Labute approximate surface area is 315 Å². The summed E-state index contributed by atoms with van der Waals surface area (Å²) in [6.45, 7) is 9.44. The van der Waals surface area contributed by atoms with Crippen molar-refractivity contribution in [1.82, 2.24) is 0 Å². The zero-order valence-electron chi connectivity index (χ0n) is 30.9. The molecule has 0 saturated heterocycles. The van der Waals surface area contributed by atoms with Crippen LogP contribution in [0.1, 0.15) is 49.9 Å². The van der Waals surface area contributed by atoms with Gasteiger partial charge in [0.15, 0.2) is 0 Å². The number of rotatable bonds is 4. The summed E-state index contributed by atoms with van der Waals surface area (Å²) in [5.41, 5.74) is 18.4. The second-order valence-electron chi connectivity index (χ2n) is 16.2. The monoisotopic (exact) mass is 693 g/mol. The molecule has 2 aliphatic carbocycles. The standard InChI is InChI=1S/C52H39NO/c1-51(2)45-14-8-5-11-39(45)41-25-23-37(30-47(41)51)53(38-24-26-42-40-12-6-9-15-46(40)52(3,4)48(42)31-38)36-21-19-32(20-22-36)33-17-18-34-29-50-44(28-35(34)27-33)43-13-7-10-16-49(43)54-50/h5-31H,1-4H3. The Morgan fingerprint density at radius 3 is 1.56 bits per heavy atom. The summed E-state index contributed by atoms with van der Waals surface area (Å²) in [5, 5.41) is 4.70. The summed E-state index contributed by atoms with van der Waals surface area (Å²) < 4.78 is 6.18. The Morgan fingerprint density at radius 2 is 0.907 bits per heavy atom. The third-order valence-corrected chi connectivity index (χ3v) is 12.4. The molecule has 2 aliphatic rings. The molecule has 8 aromatic carbocycles. The zero-order valence-corrected chi connectivity index (χ0v) is 30.9. The minimum Gasteiger partial charge on any atom is -0.456 e. The van der Waals surface area contributed by atoms with Crippen molar-refractivity contribution in [3.8, 4) is 33.4 Å². The van der Waals surface area contributed by atoms with Gasteiger partial charge in [0.25, 0.3) is 0 Å². The van der Waals surface area contributed by atoms with Gasteiger partial charge in [-0.25, -0.2) is 0 Å². The highest BCUT2D eigenvalue weighted by atomic mass is 16.3. The van der Waals surface area contributed by atoms with Crippen LogP contribution < -0.4 is 4.90 Å². The average Bonchev–Trinajstić information content (AvgIpc) is 3.76. The van der Waals surface area contributed by atoms with E-state index in [1.165, 1.54) is 66.4 Å². The van der Waals surface area contributed by atoms with Gasteiger partial charge in [-0.15, -0.1) is 0 Å². The first-order chi connectivity index (χ1) is 26.3. The van der Waals surface area contributed by atoms with E-state index in [0.717, 1.165) is 39.0 Å². The van der Waals surface area contributed by atoms with E-state index < -0.39 is 0 Å². The van der Waals surface area contributed by atoms with E-state index in [1.54, 1.807) is 0 Å². The van der Waals surface area contributed by atoms with Crippen LogP contribution in [-0.4, -0.2) is 0 Å². The summed E-state index contributed by atoms with van der Waals surface area (Å²) >= 11 is 0. The molecule has 0 unspecified atom stereocenters. The zero-order chi connectivity index (χ0) is 36.3. The molecule has 11 rings (SSSR count). The number of benzene rings is 8. The second-order valence-corrected chi connectivity index (χ2v) is 16.2. The van der Waals surface area contributed by atoms with Crippen molar-refractivity contribution < 1.29 is 4.42 Å². The lowest BCUT2D eigenvalue weighted by Gasteiger charge is -2.30.